The summed E-state index contributed by atoms with van der Waals surface area (Å²) in [5.74, 6) is 1.73. The van der Waals surface area contributed by atoms with Crippen LogP contribution in [0.5, 0.6) is 0 Å². The lowest BCUT2D eigenvalue weighted by Crippen LogP contribution is -2.46. The Morgan fingerprint density at radius 1 is 1.21 bits per heavy atom. The zero-order chi connectivity index (χ0) is 13.2. The molecule has 3 N–H and O–H groups in total. The first-order valence-corrected chi connectivity index (χ1v) is 7.58. The molecule has 2 aliphatic carbocycles. The van der Waals surface area contributed by atoms with Crippen molar-refractivity contribution in [1.82, 2.24) is 10.7 Å². The van der Waals surface area contributed by atoms with Crippen molar-refractivity contribution in [3.8, 4) is 0 Å². The molecule has 0 heterocycles. The van der Waals surface area contributed by atoms with E-state index in [2.05, 4.69) is 16.2 Å². The van der Waals surface area contributed by atoms with Crippen LogP contribution >= 0.6 is 23.8 Å². The first-order valence-electron chi connectivity index (χ1n) is 6.79. The summed E-state index contributed by atoms with van der Waals surface area (Å²) in [7, 11) is 0. The highest BCUT2D eigenvalue weighted by atomic mass is 35.5. The molecule has 0 radical (unpaired) electrons. The highest BCUT2D eigenvalue weighted by Gasteiger charge is 2.39. The Hall–Kier alpha value is -1.00. The molecule has 2 saturated carbocycles. The topological polar surface area (TPSA) is 36.1 Å². The van der Waals surface area contributed by atoms with Gasteiger partial charge in [-0.25, -0.2) is 0 Å². The molecule has 3 rings (SSSR count). The second-order valence-corrected chi connectivity index (χ2v) is 6.30. The van der Waals surface area contributed by atoms with E-state index < -0.39 is 0 Å². The summed E-state index contributed by atoms with van der Waals surface area (Å²) in [6.45, 7) is 0. The van der Waals surface area contributed by atoms with Crippen LogP contribution in [0, 0.1) is 11.8 Å². The van der Waals surface area contributed by atoms with E-state index >= 15 is 0 Å². The average molecular weight is 296 g/mol. The van der Waals surface area contributed by atoms with Crippen molar-refractivity contribution in [2.75, 3.05) is 5.43 Å². The number of hydrogen-bond donors (Lipinski definition) is 3. The Bertz CT molecular complexity index is 480. The van der Waals surface area contributed by atoms with Gasteiger partial charge in [0.1, 0.15) is 0 Å². The fourth-order valence-electron chi connectivity index (χ4n) is 3.31. The lowest BCUT2D eigenvalue weighted by atomic mass is 9.96. The number of anilines is 1. The predicted octanol–water partition coefficient (Wildman–Crippen LogP) is 3.32. The molecular formula is C14H18ClN3S. The normalized spacial score (nSPS) is 28.2. The number of hydrazine groups is 1. The van der Waals surface area contributed by atoms with Gasteiger partial charge in [0.05, 0.1) is 10.7 Å². The minimum absolute atomic E-state index is 0.548. The molecule has 1 aromatic carbocycles. The molecule has 5 heteroatoms. The number of nitrogens with one attached hydrogen (secondary N) is 3. The molecule has 2 bridgehead atoms. The SMILES string of the molecule is S=C(NNc1ccccc1Cl)N[C@@H]1C[C@H]2CC[C@@H]1C2. The third-order valence-electron chi connectivity index (χ3n) is 4.24. The fourth-order valence-corrected chi connectivity index (χ4v) is 3.70. The lowest BCUT2D eigenvalue weighted by molar-refractivity contribution is 0.390. The Morgan fingerprint density at radius 3 is 2.74 bits per heavy atom. The second kappa shape index (κ2) is 5.55. The minimum Gasteiger partial charge on any atom is -0.358 e. The van der Waals surface area contributed by atoms with E-state index in [-0.39, 0.29) is 0 Å². The minimum atomic E-state index is 0.548. The monoisotopic (exact) mass is 295 g/mol. The van der Waals surface area contributed by atoms with Gasteiger partial charge in [-0.1, -0.05) is 30.2 Å². The third kappa shape index (κ3) is 2.95. The van der Waals surface area contributed by atoms with E-state index in [9.17, 15) is 0 Å². The Morgan fingerprint density at radius 2 is 2.05 bits per heavy atom. The molecule has 2 fully saturated rings. The summed E-state index contributed by atoms with van der Waals surface area (Å²) in [4.78, 5) is 0. The zero-order valence-electron chi connectivity index (χ0n) is 10.7. The highest BCUT2D eigenvalue weighted by Crippen LogP contribution is 2.44. The van der Waals surface area contributed by atoms with Crippen LogP contribution < -0.4 is 16.2 Å². The molecule has 3 atom stereocenters. The van der Waals surface area contributed by atoms with Crippen LogP contribution in [-0.2, 0) is 0 Å². The third-order valence-corrected chi connectivity index (χ3v) is 4.79. The summed E-state index contributed by atoms with van der Waals surface area (Å²) in [6.07, 6.45) is 5.39. The molecule has 0 saturated heterocycles. The second-order valence-electron chi connectivity index (χ2n) is 5.48. The van der Waals surface area contributed by atoms with Crippen LogP contribution in [0.25, 0.3) is 0 Å². The molecule has 0 amide bonds. The number of benzene rings is 1. The maximum atomic E-state index is 6.06. The summed E-state index contributed by atoms with van der Waals surface area (Å²) in [6, 6.07) is 8.14. The van der Waals surface area contributed by atoms with Gasteiger partial charge in [-0.15, -0.1) is 0 Å². The van der Waals surface area contributed by atoms with Crippen molar-refractivity contribution in [3.05, 3.63) is 29.3 Å². The fraction of sp³-hybridized carbons (Fsp3) is 0.500. The van der Waals surface area contributed by atoms with Crippen LogP contribution in [-0.4, -0.2) is 11.2 Å². The van der Waals surface area contributed by atoms with Crippen molar-refractivity contribution in [2.45, 2.75) is 31.7 Å². The largest absolute Gasteiger partial charge is 0.358 e. The number of thiocarbonyl (C=S) groups is 1. The summed E-state index contributed by atoms with van der Waals surface area (Å²) < 4.78 is 0. The van der Waals surface area contributed by atoms with Crippen LogP contribution in [0.15, 0.2) is 24.3 Å². The quantitative estimate of drug-likeness (QED) is 0.590. The van der Waals surface area contributed by atoms with Crippen molar-refractivity contribution in [2.24, 2.45) is 11.8 Å². The van der Waals surface area contributed by atoms with E-state index in [1.54, 1.807) is 0 Å². The molecule has 102 valence electrons. The van der Waals surface area contributed by atoms with Crippen LogP contribution in [0.4, 0.5) is 5.69 Å². The molecular weight excluding hydrogens is 278 g/mol. The summed E-state index contributed by atoms with van der Waals surface area (Å²) >= 11 is 11.4. The molecule has 0 spiro atoms. The van der Waals surface area contributed by atoms with E-state index in [0.717, 1.165) is 17.5 Å². The lowest BCUT2D eigenvalue weighted by Gasteiger charge is -2.24. The van der Waals surface area contributed by atoms with Gasteiger partial charge < -0.3 is 5.32 Å². The van der Waals surface area contributed by atoms with Crippen LogP contribution in [0.1, 0.15) is 25.7 Å². The smallest absolute Gasteiger partial charge is 0.185 e. The van der Waals surface area contributed by atoms with Crippen molar-refractivity contribution < 1.29 is 0 Å². The van der Waals surface area contributed by atoms with Crippen LogP contribution in [0.3, 0.4) is 0 Å². The molecule has 2 aliphatic rings. The van der Waals surface area contributed by atoms with Gasteiger partial charge in [0.2, 0.25) is 0 Å². The molecule has 0 aliphatic heterocycles. The van der Waals surface area contributed by atoms with E-state index in [1.165, 1.54) is 25.7 Å². The maximum absolute atomic E-state index is 6.06. The van der Waals surface area contributed by atoms with Gasteiger partial charge in [0, 0.05) is 6.04 Å². The van der Waals surface area contributed by atoms with Crippen LogP contribution in [0.2, 0.25) is 5.02 Å². The van der Waals surface area contributed by atoms with Gasteiger partial charge in [0.25, 0.3) is 0 Å². The molecule has 0 aromatic heterocycles. The van der Waals surface area contributed by atoms with Gasteiger partial charge in [0.15, 0.2) is 5.11 Å². The molecule has 3 nitrogen and oxygen atoms in total. The zero-order valence-corrected chi connectivity index (χ0v) is 12.2. The summed E-state index contributed by atoms with van der Waals surface area (Å²) in [5, 5.41) is 4.74. The van der Waals surface area contributed by atoms with Crippen molar-refractivity contribution in [3.63, 3.8) is 0 Å². The number of rotatable bonds is 3. The van der Waals surface area contributed by atoms with Gasteiger partial charge in [-0.3, -0.25) is 10.9 Å². The number of para-hydroxylation sites is 1. The number of hydrogen-bond acceptors (Lipinski definition) is 2. The summed E-state index contributed by atoms with van der Waals surface area (Å²) in [5.41, 5.74) is 6.89. The van der Waals surface area contributed by atoms with E-state index in [1.807, 2.05) is 24.3 Å². The Balaban J connectivity index is 1.48. The molecule has 19 heavy (non-hydrogen) atoms. The standard InChI is InChI=1S/C14H18ClN3S/c15-11-3-1-2-4-12(11)17-18-14(19)16-13-8-9-5-6-10(13)7-9/h1-4,9-10,13,17H,5-8H2,(H2,16,18,19)/t9-,10+,13+/m0/s1. The molecule has 1 aromatic rings. The van der Waals surface area contributed by atoms with Crippen molar-refractivity contribution >= 4 is 34.6 Å². The first kappa shape index (κ1) is 13.0. The molecule has 0 unspecified atom stereocenters. The highest BCUT2D eigenvalue weighted by molar-refractivity contribution is 7.80. The Kier molecular flexibility index (Phi) is 3.80. The van der Waals surface area contributed by atoms with E-state index in [0.29, 0.717) is 16.2 Å². The predicted molar refractivity (Wildman–Crippen MR) is 83.2 cm³/mol. The van der Waals surface area contributed by atoms with E-state index in [4.69, 9.17) is 23.8 Å². The first-order chi connectivity index (χ1) is 9.22. The van der Waals surface area contributed by atoms with Gasteiger partial charge in [-0.2, -0.15) is 0 Å². The average Bonchev–Trinajstić information content (AvgIpc) is 3.00. The van der Waals surface area contributed by atoms with Gasteiger partial charge in [-0.05, 0) is 55.4 Å². The number of halogens is 1. The van der Waals surface area contributed by atoms with Crippen molar-refractivity contribution in [1.29, 1.82) is 0 Å². The number of fused-ring (bicyclic) bond motifs is 2. The Labute approximate surface area is 124 Å². The van der Waals surface area contributed by atoms with Gasteiger partial charge >= 0.3 is 0 Å². The maximum Gasteiger partial charge on any atom is 0.185 e.